The molecule has 0 radical (unpaired) electrons. The minimum atomic E-state index is 0.0295. The normalized spacial score (nSPS) is 26.0. The highest BCUT2D eigenvalue weighted by Gasteiger charge is 2.21. The van der Waals surface area contributed by atoms with Crippen LogP contribution in [0.4, 0.5) is 0 Å². The van der Waals surface area contributed by atoms with Crippen LogP contribution in [0.15, 0.2) is 4.99 Å². The van der Waals surface area contributed by atoms with Gasteiger partial charge in [0.1, 0.15) is 0 Å². The maximum Gasteiger partial charge on any atom is 0.0575 e. The summed E-state index contributed by atoms with van der Waals surface area (Å²) >= 11 is 0. The molecular weight excluding hydrogens is 152 g/mol. The van der Waals surface area contributed by atoms with E-state index in [0.717, 1.165) is 13.1 Å². The van der Waals surface area contributed by atoms with E-state index >= 15 is 0 Å². The van der Waals surface area contributed by atoms with Gasteiger partial charge in [-0.3, -0.25) is 4.99 Å². The van der Waals surface area contributed by atoms with Crippen LogP contribution >= 0.6 is 0 Å². The number of rotatable bonds is 1. The first kappa shape index (κ1) is 7.90. The molecule has 0 saturated heterocycles. The Labute approximate surface area is 73.1 Å². The first-order valence-electron chi connectivity index (χ1n) is 4.86. The Morgan fingerprint density at radius 3 is 2.58 bits per heavy atom. The predicted molar refractivity (Wildman–Crippen MR) is 45.9 cm³/mol. The van der Waals surface area contributed by atoms with E-state index in [1.54, 1.807) is 0 Å². The zero-order valence-corrected chi connectivity index (χ0v) is 7.33. The zero-order chi connectivity index (χ0) is 8.39. The van der Waals surface area contributed by atoms with Gasteiger partial charge in [-0.15, -0.1) is 0 Å². The van der Waals surface area contributed by atoms with Crippen molar-refractivity contribution < 1.29 is 5.11 Å². The number of hydrogen-bond acceptors (Lipinski definition) is 3. The Morgan fingerprint density at radius 2 is 2.00 bits per heavy atom. The van der Waals surface area contributed by atoms with Gasteiger partial charge in [-0.25, -0.2) is 0 Å². The second-order valence-electron chi connectivity index (χ2n) is 3.65. The van der Waals surface area contributed by atoms with Gasteiger partial charge in [-0.2, -0.15) is 0 Å². The first-order valence-corrected chi connectivity index (χ1v) is 4.86. The smallest absolute Gasteiger partial charge is 0.0575 e. The molecule has 1 saturated carbocycles. The Hall–Kier alpha value is -0.730. The molecule has 3 nitrogen and oxygen atoms in total. The Balaban J connectivity index is 1.94. The quantitative estimate of drug-likeness (QED) is 0.565. The van der Waals surface area contributed by atoms with Crippen LogP contribution < -0.4 is 5.11 Å². The fourth-order valence-corrected chi connectivity index (χ4v) is 2.17. The summed E-state index contributed by atoms with van der Waals surface area (Å²) < 4.78 is 0. The lowest BCUT2D eigenvalue weighted by atomic mass is 9.94. The first-order chi connectivity index (χ1) is 5.88. The van der Waals surface area contributed by atoms with Gasteiger partial charge >= 0.3 is 0 Å². The largest absolute Gasteiger partial charge is 0.846 e. The van der Waals surface area contributed by atoms with Gasteiger partial charge in [0.15, 0.2) is 0 Å². The summed E-state index contributed by atoms with van der Waals surface area (Å²) in [6.07, 6.45) is 6.31. The fraction of sp³-hybridized carbons (Fsp3) is 0.889. The van der Waals surface area contributed by atoms with Crippen molar-refractivity contribution in [2.24, 2.45) is 4.99 Å². The number of hydrogen-bond donors (Lipinski definition) is 0. The molecular formula is C9H15N2O-. The molecule has 1 aliphatic carbocycles. The van der Waals surface area contributed by atoms with E-state index < -0.39 is 0 Å². The highest BCUT2D eigenvalue weighted by Crippen LogP contribution is 2.23. The summed E-state index contributed by atoms with van der Waals surface area (Å²) in [5, 5.41) is 11.2. The zero-order valence-electron chi connectivity index (χ0n) is 7.33. The standard InChI is InChI=1S/C9H16N2O/c12-9-10-6-7-11(9)8-4-2-1-3-5-8/h8H,1-7H2,(H,10,12)/p-1. The molecule has 2 aliphatic rings. The van der Waals surface area contributed by atoms with Crippen molar-refractivity contribution >= 4 is 6.02 Å². The van der Waals surface area contributed by atoms with Crippen LogP contribution in [0.3, 0.4) is 0 Å². The van der Waals surface area contributed by atoms with E-state index in [0.29, 0.717) is 6.04 Å². The number of nitrogens with zero attached hydrogens (tertiary/aromatic N) is 2. The third-order valence-electron chi connectivity index (χ3n) is 2.85. The lowest BCUT2D eigenvalue weighted by Gasteiger charge is -2.35. The third-order valence-corrected chi connectivity index (χ3v) is 2.85. The average molecular weight is 167 g/mol. The molecule has 12 heavy (non-hydrogen) atoms. The second kappa shape index (κ2) is 3.33. The Kier molecular flexibility index (Phi) is 2.19. The molecule has 2 rings (SSSR count). The molecule has 0 aromatic heterocycles. The van der Waals surface area contributed by atoms with Crippen LogP contribution in [-0.2, 0) is 0 Å². The van der Waals surface area contributed by atoms with Crippen LogP contribution in [0.5, 0.6) is 0 Å². The van der Waals surface area contributed by atoms with Crippen LogP contribution in [0.2, 0.25) is 0 Å². The monoisotopic (exact) mass is 167 g/mol. The van der Waals surface area contributed by atoms with E-state index in [-0.39, 0.29) is 6.02 Å². The van der Waals surface area contributed by atoms with E-state index in [9.17, 15) is 5.11 Å². The molecule has 68 valence electrons. The molecule has 0 spiro atoms. The topological polar surface area (TPSA) is 38.7 Å². The third kappa shape index (κ3) is 1.40. The predicted octanol–water partition coefficient (Wildman–Crippen LogP) is 0.351. The lowest BCUT2D eigenvalue weighted by molar-refractivity contribution is -0.234. The highest BCUT2D eigenvalue weighted by atomic mass is 16.3. The molecule has 0 unspecified atom stereocenters. The molecule has 0 atom stereocenters. The summed E-state index contributed by atoms with van der Waals surface area (Å²) in [6.45, 7) is 1.58. The summed E-state index contributed by atoms with van der Waals surface area (Å²) in [5.74, 6) is 0. The maximum atomic E-state index is 11.2. The highest BCUT2D eigenvalue weighted by molar-refractivity contribution is 5.71. The molecule has 1 heterocycles. The van der Waals surface area contributed by atoms with Crippen molar-refractivity contribution in [2.75, 3.05) is 13.1 Å². The van der Waals surface area contributed by atoms with Crippen molar-refractivity contribution in [1.29, 1.82) is 0 Å². The van der Waals surface area contributed by atoms with Crippen LogP contribution in [0, 0.1) is 0 Å². The molecule has 0 bridgehead atoms. The maximum absolute atomic E-state index is 11.2. The molecule has 0 amide bonds. The molecule has 1 fully saturated rings. The van der Waals surface area contributed by atoms with Crippen molar-refractivity contribution in [3.05, 3.63) is 0 Å². The minimum Gasteiger partial charge on any atom is -0.846 e. The van der Waals surface area contributed by atoms with Gasteiger partial charge in [0.2, 0.25) is 0 Å². The number of aliphatic imine (C=N–C) groups is 1. The van der Waals surface area contributed by atoms with Crippen LogP contribution in [-0.4, -0.2) is 30.1 Å². The van der Waals surface area contributed by atoms with Gasteiger partial charge in [-0.05, 0) is 12.8 Å². The van der Waals surface area contributed by atoms with Gasteiger partial charge in [-0.1, -0.05) is 19.3 Å². The summed E-state index contributed by atoms with van der Waals surface area (Å²) in [7, 11) is 0. The molecule has 0 N–H and O–H groups in total. The Morgan fingerprint density at radius 1 is 1.25 bits per heavy atom. The summed E-state index contributed by atoms with van der Waals surface area (Å²) in [4.78, 5) is 5.84. The van der Waals surface area contributed by atoms with Gasteiger partial charge in [0, 0.05) is 12.6 Å². The summed E-state index contributed by atoms with van der Waals surface area (Å²) in [6, 6.07) is 0.541. The molecule has 1 aliphatic heterocycles. The average Bonchev–Trinajstić information content (AvgIpc) is 2.53. The van der Waals surface area contributed by atoms with E-state index in [1.165, 1.54) is 32.1 Å². The van der Waals surface area contributed by atoms with Gasteiger partial charge in [0.05, 0.1) is 12.6 Å². The lowest BCUT2D eigenvalue weighted by Crippen LogP contribution is -2.44. The van der Waals surface area contributed by atoms with Crippen molar-refractivity contribution in [2.45, 2.75) is 38.1 Å². The van der Waals surface area contributed by atoms with E-state index in [1.807, 2.05) is 4.90 Å². The molecule has 3 heteroatoms. The van der Waals surface area contributed by atoms with Crippen LogP contribution in [0.25, 0.3) is 0 Å². The van der Waals surface area contributed by atoms with Gasteiger partial charge in [0.25, 0.3) is 0 Å². The van der Waals surface area contributed by atoms with E-state index in [2.05, 4.69) is 4.99 Å². The SMILES string of the molecule is [O-]C1=NCCN1C1CCCCC1. The molecule has 0 aromatic rings. The fourth-order valence-electron chi connectivity index (χ4n) is 2.17. The summed E-state index contributed by atoms with van der Waals surface area (Å²) in [5.41, 5.74) is 0. The van der Waals surface area contributed by atoms with Gasteiger partial charge < -0.3 is 10.0 Å². The van der Waals surface area contributed by atoms with Crippen molar-refractivity contribution in [3.8, 4) is 0 Å². The van der Waals surface area contributed by atoms with Crippen molar-refractivity contribution in [1.82, 2.24) is 4.90 Å². The number of amidine groups is 1. The Bertz CT molecular complexity index is 185. The molecule has 0 aromatic carbocycles. The second-order valence-corrected chi connectivity index (χ2v) is 3.65. The van der Waals surface area contributed by atoms with E-state index in [4.69, 9.17) is 0 Å². The van der Waals surface area contributed by atoms with Crippen LogP contribution in [0.1, 0.15) is 32.1 Å². The van der Waals surface area contributed by atoms with Crippen molar-refractivity contribution in [3.63, 3.8) is 0 Å². The minimum absolute atomic E-state index is 0.0295.